The van der Waals surface area contributed by atoms with Crippen LogP contribution in [0.2, 0.25) is 0 Å². The second-order valence-corrected chi connectivity index (χ2v) is 7.09. The molecule has 1 spiro atoms. The van der Waals surface area contributed by atoms with Gasteiger partial charge in [-0.3, -0.25) is 0 Å². The maximum atomic E-state index is 10.6. The summed E-state index contributed by atoms with van der Waals surface area (Å²) < 4.78 is 6.07. The highest BCUT2D eigenvalue weighted by Crippen LogP contribution is 2.43. The van der Waals surface area contributed by atoms with E-state index in [0.717, 1.165) is 32.3 Å². The fourth-order valence-electron chi connectivity index (χ4n) is 4.18. The third kappa shape index (κ3) is 3.67. The third-order valence-corrected chi connectivity index (χ3v) is 5.40. The van der Waals surface area contributed by atoms with E-state index in [-0.39, 0.29) is 11.7 Å². The van der Waals surface area contributed by atoms with E-state index in [2.05, 4.69) is 31.2 Å². The number of rotatable bonds is 4. The zero-order valence-electron chi connectivity index (χ0n) is 13.2. The monoisotopic (exact) mass is 288 g/mol. The van der Waals surface area contributed by atoms with Gasteiger partial charge in [0.1, 0.15) is 0 Å². The van der Waals surface area contributed by atoms with Gasteiger partial charge in [-0.25, -0.2) is 0 Å². The van der Waals surface area contributed by atoms with Crippen LogP contribution in [0, 0.1) is 12.8 Å². The van der Waals surface area contributed by atoms with Gasteiger partial charge in [-0.2, -0.15) is 0 Å². The largest absolute Gasteiger partial charge is 0.393 e. The molecule has 2 fully saturated rings. The van der Waals surface area contributed by atoms with Crippen LogP contribution in [0.25, 0.3) is 0 Å². The average Bonchev–Trinajstić information content (AvgIpc) is 2.93. The maximum absolute atomic E-state index is 10.6. The number of hydrogen-bond donors (Lipinski definition) is 1. The molecule has 2 aliphatic rings. The zero-order chi connectivity index (χ0) is 14.7. The Morgan fingerprint density at radius 2 is 2.14 bits per heavy atom. The van der Waals surface area contributed by atoms with Gasteiger partial charge in [0.25, 0.3) is 0 Å². The number of hydrogen-bond acceptors (Lipinski definition) is 2. The molecule has 3 rings (SSSR count). The first kappa shape index (κ1) is 15.1. The molecule has 0 aromatic heterocycles. The maximum Gasteiger partial charge on any atom is 0.0686 e. The summed E-state index contributed by atoms with van der Waals surface area (Å²) in [5.41, 5.74) is 2.77. The summed E-state index contributed by atoms with van der Waals surface area (Å²) in [7, 11) is 0. The van der Waals surface area contributed by atoms with E-state index in [9.17, 15) is 5.11 Å². The van der Waals surface area contributed by atoms with Gasteiger partial charge in [-0.15, -0.1) is 0 Å². The Morgan fingerprint density at radius 1 is 1.33 bits per heavy atom. The fourth-order valence-corrected chi connectivity index (χ4v) is 4.18. The summed E-state index contributed by atoms with van der Waals surface area (Å²) in [6.45, 7) is 2.97. The van der Waals surface area contributed by atoms with Gasteiger partial charge in [0, 0.05) is 6.61 Å². The molecule has 1 aliphatic heterocycles. The number of aryl methyl sites for hydroxylation is 2. The topological polar surface area (TPSA) is 29.5 Å². The van der Waals surface area contributed by atoms with Gasteiger partial charge in [-0.05, 0) is 56.9 Å². The molecule has 1 aromatic carbocycles. The second-order valence-electron chi connectivity index (χ2n) is 7.09. The SMILES string of the molecule is Cc1cccc(CCC(O)C2CCOC3(CCCC3)C2)c1. The van der Waals surface area contributed by atoms with Crippen LogP contribution < -0.4 is 0 Å². The first-order chi connectivity index (χ1) is 10.2. The van der Waals surface area contributed by atoms with Crippen molar-refractivity contribution in [3.63, 3.8) is 0 Å². The van der Waals surface area contributed by atoms with Gasteiger partial charge in [0.05, 0.1) is 11.7 Å². The summed E-state index contributed by atoms with van der Waals surface area (Å²) in [5, 5.41) is 10.6. The minimum Gasteiger partial charge on any atom is -0.393 e. The van der Waals surface area contributed by atoms with E-state index in [1.165, 1.54) is 36.8 Å². The molecular weight excluding hydrogens is 260 g/mol. The van der Waals surface area contributed by atoms with Crippen LogP contribution in [0.3, 0.4) is 0 Å². The highest BCUT2D eigenvalue weighted by Gasteiger charge is 2.41. The van der Waals surface area contributed by atoms with E-state index in [1.807, 2.05) is 0 Å². The van der Waals surface area contributed by atoms with E-state index >= 15 is 0 Å². The Labute approximate surface area is 128 Å². The number of aliphatic hydroxyl groups excluding tert-OH is 1. The van der Waals surface area contributed by atoms with Crippen molar-refractivity contribution in [2.75, 3.05) is 6.61 Å². The molecule has 1 aromatic rings. The average molecular weight is 288 g/mol. The van der Waals surface area contributed by atoms with E-state index < -0.39 is 0 Å². The molecule has 2 unspecified atom stereocenters. The van der Waals surface area contributed by atoms with Crippen molar-refractivity contribution in [3.05, 3.63) is 35.4 Å². The van der Waals surface area contributed by atoms with Gasteiger partial charge in [-0.1, -0.05) is 42.7 Å². The molecule has 1 N–H and O–H groups in total. The van der Waals surface area contributed by atoms with Gasteiger partial charge >= 0.3 is 0 Å². The first-order valence-corrected chi connectivity index (χ1v) is 8.54. The lowest BCUT2D eigenvalue weighted by atomic mass is 9.80. The Hall–Kier alpha value is -0.860. The predicted octanol–water partition coefficient (Wildman–Crippen LogP) is 4.03. The molecule has 2 nitrogen and oxygen atoms in total. The quantitative estimate of drug-likeness (QED) is 0.906. The molecule has 0 amide bonds. The van der Waals surface area contributed by atoms with E-state index in [4.69, 9.17) is 4.74 Å². The highest BCUT2D eigenvalue weighted by molar-refractivity contribution is 5.22. The van der Waals surface area contributed by atoms with Crippen LogP contribution in [-0.2, 0) is 11.2 Å². The van der Waals surface area contributed by atoms with Crippen LogP contribution in [0.1, 0.15) is 56.1 Å². The van der Waals surface area contributed by atoms with Crippen molar-refractivity contribution >= 4 is 0 Å². The van der Waals surface area contributed by atoms with Crippen LogP contribution in [0.5, 0.6) is 0 Å². The normalized spacial score (nSPS) is 26.1. The Kier molecular flexibility index (Phi) is 4.66. The lowest BCUT2D eigenvalue weighted by Gasteiger charge is -2.40. The van der Waals surface area contributed by atoms with Crippen molar-refractivity contribution < 1.29 is 9.84 Å². The smallest absolute Gasteiger partial charge is 0.0686 e. The van der Waals surface area contributed by atoms with Crippen LogP contribution in [0.4, 0.5) is 0 Å². The van der Waals surface area contributed by atoms with E-state index in [0.29, 0.717) is 5.92 Å². The summed E-state index contributed by atoms with van der Waals surface area (Å²) >= 11 is 0. The molecule has 2 heteroatoms. The molecule has 0 bridgehead atoms. The highest BCUT2D eigenvalue weighted by atomic mass is 16.5. The van der Waals surface area contributed by atoms with Crippen molar-refractivity contribution in [3.8, 4) is 0 Å². The minimum atomic E-state index is -0.174. The molecule has 2 atom stereocenters. The van der Waals surface area contributed by atoms with E-state index in [1.54, 1.807) is 0 Å². The Balaban J connectivity index is 1.54. The number of aliphatic hydroxyl groups is 1. The Bertz CT molecular complexity index is 462. The standard InChI is InChI=1S/C19H28O2/c1-15-5-4-6-16(13-15)7-8-18(20)17-9-12-21-19(14-17)10-2-3-11-19/h4-6,13,17-18,20H,2-3,7-12,14H2,1H3. The molecule has 1 saturated carbocycles. The minimum absolute atomic E-state index is 0.118. The van der Waals surface area contributed by atoms with Crippen LogP contribution >= 0.6 is 0 Å². The van der Waals surface area contributed by atoms with Crippen molar-refractivity contribution in [2.24, 2.45) is 5.92 Å². The van der Waals surface area contributed by atoms with Gasteiger partial charge in [0.2, 0.25) is 0 Å². The molecule has 116 valence electrons. The summed E-state index contributed by atoms with van der Waals surface area (Å²) in [6, 6.07) is 8.64. The summed E-state index contributed by atoms with van der Waals surface area (Å²) in [4.78, 5) is 0. The molecule has 21 heavy (non-hydrogen) atoms. The summed E-state index contributed by atoms with van der Waals surface area (Å²) in [5.74, 6) is 0.432. The number of benzene rings is 1. The lowest BCUT2D eigenvalue weighted by molar-refractivity contribution is -0.113. The van der Waals surface area contributed by atoms with Gasteiger partial charge < -0.3 is 9.84 Å². The third-order valence-electron chi connectivity index (χ3n) is 5.40. The molecular formula is C19H28O2. The van der Waals surface area contributed by atoms with Crippen molar-refractivity contribution in [2.45, 2.75) is 70.0 Å². The van der Waals surface area contributed by atoms with Crippen LogP contribution in [0.15, 0.2) is 24.3 Å². The second kappa shape index (κ2) is 6.50. The molecule has 1 aliphatic carbocycles. The van der Waals surface area contributed by atoms with Crippen LogP contribution in [-0.4, -0.2) is 23.4 Å². The number of ether oxygens (including phenoxy) is 1. The molecule has 1 saturated heterocycles. The zero-order valence-corrected chi connectivity index (χ0v) is 13.2. The van der Waals surface area contributed by atoms with Crippen molar-refractivity contribution in [1.82, 2.24) is 0 Å². The predicted molar refractivity (Wildman–Crippen MR) is 85.4 cm³/mol. The lowest BCUT2D eigenvalue weighted by Crippen LogP contribution is -2.41. The van der Waals surface area contributed by atoms with Crippen molar-refractivity contribution in [1.29, 1.82) is 0 Å². The van der Waals surface area contributed by atoms with Gasteiger partial charge in [0.15, 0.2) is 0 Å². The summed E-state index contributed by atoms with van der Waals surface area (Å²) in [6.07, 6.45) is 8.78. The molecule has 1 heterocycles. The first-order valence-electron chi connectivity index (χ1n) is 8.54. The fraction of sp³-hybridized carbons (Fsp3) is 0.684. The molecule has 0 radical (unpaired) electrons. The Morgan fingerprint density at radius 3 is 2.90 bits per heavy atom.